The first-order valence-electron chi connectivity index (χ1n) is 6.25. The topological polar surface area (TPSA) is 12.0 Å². The smallest absolute Gasteiger partial charge is 0.143 e. The van der Waals surface area contributed by atoms with Crippen LogP contribution in [0.1, 0.15) is 29.7 Å². The Labute approximate surface area is 118 Å². The van der Waals surface area contributed by atoms with E-state index in [-0.39, 0.29) is 11.1 Å². The van der Waals surface area contributed by atoms with Crippen molar-refractivity contribution in [3.63, 3.8) is 0 Å². The summed E-state index contributed by atoms with van der Waals surface area (Å²) in [5, 5.41) is 3.43. The Kier molecular flexibility index (Phi) is 4.11. The molecule has 0 amide bonds. The summed E-state index contributed by atoms with van der Waals surface area (Å²) in [6, 6.07) is 11.3. The van der Waals surface area contributed by atoms with Gasteiger partial charge in [-0.2, -0.15) is 0 Å². The van der Waals surface area contributed by atoms with Gasteiger partial charge in [0, 0.05) is 11.7 Å². The highest BCUT2D eigenvalue weighted by Gasteiger charge is 2.08. The van der Waals surface area contributed by atoms with E-state index in [0.29, 0.717) is 0 Å². The van der Waals surface area contributed by atoms with E-state index in [4.69, 9.17) is 11.6 Å². The summed E-state index contributed by atoms with van der Waals surface area (Å²) in [7, 11) is 0. The molecule has 100 valence electrons. The minimum atomic E-state index is -0.403. The van der Waals surface area contributed by atoms with Crippen LogP contribution < -0.4 is 5.32 Å². The summed E-state index contributed by atoms with van der Waals surface area (Å²) < 4.78 is 13.4. The Balaban J connectivity index is 2.20. The van der Waals surface area contributed by atoms with Gasteiger partial charge in [0.05, 0.1) is 5.02 Å². The minimum absolute atomic E-state index is 0.110. The highest BCUT2D eigenvalue weighted by atomic mass is 35.5. The molecule has 1 atom stereocenters. The highest BCUT2D eigenvalue weighted by molar-refractivity contribution is 6.30. The number of nitrogens with one attached hydrogen (secondary N) is 1. The zero-order valence-corrected chi connectivity index (χ0v) is 12.1. The lowest BCUT2D eigenvalue weighted by Gasteiger charge is -2.17. The Morgan fingerprint density at radius 2 is 1.68 bits per heavy atom. The van der Waals surface area contributed by atoms with Crippen molar-refractivity contribution in [3.05, 3.63) is 63.9 Å². The summed E-state index contributed by atoms with van der Waals surface area (Å²) in [6.07, 6.45) is 0. The van der Waals surface area contributed by atoms with Gasteiger partial charge in [0.15, 0.2) is 0 Å². The van der Waals surface area contributed by atoms with Crippen LogP contribution in [-0.4, -0.2) is 0 Å². The number of hydrogen-bond donors (Lipinski definition) is 1. The first-order valence-corrected chi connectivity index (χ1v) is 6.63. The number of anilines is 1. The molecule has 0 aliphatic heterocycles. The number of hydrogen-bond acceptors (Lipinski definition) is 1. The Bertz CT molecular complexity index is 575. The van der Waals surface area contributed by atoms with Crippen LogP contribution in [0.15, 0.2) is 36.4 Å². The quantitative estimate of drug-likeness (QED) is 0.806. The van der Waals surface area contributed by atoms with Crippen molar-refractivity contribution in [2.75, 3.05) is 5.32 Å². The fourth-order valence-electron chi connectivity index (χ4n) is 2.18. The average molecular weight is 278 g/mol. The Morgan fingerprint density at radius 1 is 1.05 bits per heavy atom. The van der Waals surface area contributed by atoms with Gasteiger partial charge in [0.1, 0.15) is 5.82 Å². The van der Waals surface area contributed by atoms with Crippen LogP contribution in [0, 0.1) is 19.7 Å². The second kappa shape index (κ2) is 5.62. The van der Waals surface area contributed by atoms with E-state index in [0.717, 1.165) is 5.69 Å². The molecular weight excluding hydrogens is 261 g/mol. The first kappa shape index (κ1) is 13.9. The van der Waals surface area contributed by atoms with Gasteiger partial charge in [-0.05, 0) is 44.5 Å². The molecule has 2 rings (SSSR count). The standard InChI is InChI=1S/C16H17ClFN/c1-10-6-11(2)8-13(7-10)12(3)19-14-4-5-15(17)16(18)9-14/h4-9,12,19H,1-3H3. The molecule has 0 bridgehead atoms. The zero-order chi connectivity index (χ0) is 14.0. The predicted octanol–water partition coefficient (Wildman–Crippen LogP) is 5.27. The second-order valence-corrected chi connectivity index (χ2v) is 5.32. The summed E-state index contributed by atoms with van der Waals surface area (Å²) in [6.45, 7) is 6.21. The van der Waals surface area contributed by atoms with Gasteiger partial charge >= 0.3 is 0 Å². The average Bonchev–Trinajstić information content (AvgIpc) is 2.32. The summed E-state index contributed by atoms with van der Waals surface area (Å²) in [5.41, 5.74) is 4.37. The number of benzene rings is 2. The molecule has 0 heterocycles. The molecular formula is C16H17ClFN. The lowest BCUT2D eigenvalue weighted by atomic mass is 10.0. The van der Waals surface area contributed by atoms with Crippen LogP contribution in [0.4, 0.5) is 10.1 Å². The molecule has 0 radical (unpaired) electrons. The van der Waals surface area contributed by atoms with Crippen molar-refractivity contribution in [1.82, 2.24) is 0 Å². The third-order valence-corrected chi connectivity index (χ3v) is 3.35. The Morgan fingerprint density at radius 3 is 2.26 bits per heavy atom. The van der Waals surface area contributed by atoms with E-state index in [1.54, 1.807) is 12.1 Å². The second-order valence-electron chi connectivity index (χ2n) is 4.92. The molecule has 19 heavy (non-hydrogen) atoms. The summed E-state index contributed by atoms with van der Waals surface area (Å²) >= 11 is 5.67. The maximum Gasteiger partial charge on any atom is 0.143 e. The van der Waals surface area contributed by atoms with Crippen molar-refractivity contribution < 1.29 is 4.39 Å². The van der Waals surface area contributed by atoms with E-state index in [1.165, 1.54) is 22.8 Å². The number of rotatable bonds is 3. The SMILES string of the molecule is Cc1cc(C)cc(C(C)Nc2ccc(Cl)c(F)c2)c1. The molecule has 0 saturated heterocycles. The fourth-order valence-corrected chi connectivity index (χ4v) is 2.30. The normalized spacial score (nSPS) is 12.3. The molecule has 1 nitrogen and oxygen atoms in total. The van der Waals surface area contributed by atoms with Crippen molar-refractivity contribution in [1.29, 1.82) is 0 Å². The summed E-state index contributed by atoms with van der Waals surface area (Å²) in [5.74, 6) is -0.403. The van der Waals surface area contributed by atoms with E-state index in [2.05, 4.69) is 44.3 Å². The number of aryl methyl sites for hydroxylation is 2. The van der Waals surface area contributed by atoms with Crippen molar-refractivity contribution >= 4 is 17.3 Å². The monoisotopic (exact) mass is 277 g/mol. The lowest BCUT2D eigenvalue weighted by Crippen LogP contribution is -2.07. The minimum Gasteiger partial charge on any atom is -0.378 e. The largest absolute Gasteiger partial charge is 0.378 e. The van der Waals surface area contributed by atoms with Crippen LogP contribution in [0.25, 0.3) is 0 Å². The van der Waals surface area contributed by atoms with E-state index in [1.807, 2.05) is 0 Å². The van der Waals surface area contributed by atoms with Crippen molar-refractivity contribution in [3.8, 4) is 0 Å². The maximum atomic E-state index is 13.4. The zero-order valence-electron chi connectivity index (χ0n) is 11.3. The molecule has 2 aromatic carbocycles. The van der Waals surface area contributed by atoms with Gasteiger partial charge < -0.3 is 5.32 Å². The molecule has 3 heteroatoms. The van der Waals surface area contributed by atoms with Gasteiger partial charge in [0.2, 0.25) is 0 Å². The van der Waals surface area contributed by atoms with Crippen LogP contribution in [0.2, 0.25) is 5.02 Å². The first-order chi connectivity index (χ1) is 8.95. The van der Waals surface area contributed by atoms with Crippen molar-refractivity contribution in [2.24, 2.45) is 0 Å². The van der Waals surface area contributed by atoms with E-state index < -0.39 is 5.82 Å². The molecule has 0 fully saturated rings. The van der Waals surface area contributed by atoms with Crippen LogP contribution in [0.3, 0.4) is 0 Å². The van der Waals surface area contributed by atoms with Gasteiger partial charge in [-0.1, -0.05) is 40.9 Å². The lowest BCUT2D eigenvalue weighted by molar-refractivity contribution is 0.628. The molecule has 1 unspecified atom stereocenters. The van der Waals surface area contributed by atoms with Gasteiger partial charge in [-0.15, -0.1) is 0 Å². The molecule has 0 aliphatic rings. The molecule has 0 spiro atoms. The van der Waals surface area contributed by atoms with Crippen LogP contribution in [-0.2, 0) is 0 Å². The van der Waals surface area contributed by atoms with E-state index in [9.17, 15) is 4.39 Å². The van der Waals surface area contributed by atoms with Crippen molar-refractivity contribution in [2.45, 2.75) is 26.8 Å². The molecule has 0 aromatic heterocycles. The molecule has 0 saturated carbocycles. The van der Waals surface area contributed by atoms with E-state index >= 15 is 0 Å². The van der Waals surface area contributed by atoms with Crippen LogP contribution >= 0.6 is 11.6 Å². The molecule has 1 N–H and O–H groups in total. The fraction of sp³-hybridized carbons (Fsp3) is 0.250. The summed E-state index contributed by atoms with van der Waals surface area (Å²) in [4.78, 5) is 0. The maximum absolute atomic E-state index is 13.4. The van der Waals surface area contributed by atoms with Gasteiger partial charge in [-0.25, -0.2) is 4.39 Å². The number of halogens is 2. The highest BCUT2D eigenvalue weighted by Crippen LogP contribution is 2.24. The van der Waals surface area contributed by atoms with Gasteiger partial charge in [0.25, 0.3) is 0 Å². The third kappa shape index (κ3) is 3.48. The van der Waals surface area contributed by atoms with Gasteiger partial charge in [-0.3, -0.25) is 0 Å². The molecule has 0 aliphatic carbocycles. The third-order valence-electron chi connectivity index (χ3n) is 3.05. The van der Waals surface area contributed by atoms with Crippen LogP contribution in [0.5, 0.6) is 0 Å². The predicted molar refractivity (Wildman–Crippen MR) is 79.4 cm³/mol. The Hall–Kier alpha value is -1.54. The molecule has 2 aromatic rings.